The summed E-state index contributed by atoms with van der Waals surface area (Å²) in [6, 6.07) is 6.26. The van der Waals surface area contributed by atoms with Crippen LogP contribution in [0.15, 0.2) is 29.2 Å². The lowest BCUT2D eigenvalue weighted by Crippen LogP contribution is -2.36. The van der Waals surface area contributed by atoms with Crippen LogP contribution in [-0.2, 0) is 19.6 Å². The number of ether oxygens (including phenoxy) is 1. The van der Waals surface area contributed by atoms with E-state index < -0.39 is 16.1 Å². The van der Waals surface area contributed by atoms with Crippen LogP contribution in [0.1, 0.15) is 64.4 Å². The minimum atomic E-state index is -3.64. The zero-order valence-corrected chi connectivity index (χ0v) is 16.4. The van der Waals surface area contributed by atoms with Gasteiger partial charge in [-0.1, -0.05) is 56.7 Å². The van der Waals surface area contributed by atoms with Gasteiger partial charge in [-0.3, -0.25) is 4.79 Å². The first-order valence-electron chi connectivity index (χ1n) is 9.13. The number of aryl methyl sites for hydroxylation is 1. The van der Waals surface area contributed by atoms with Crippen LogP contribution in [0.3, 0.4) is 0 Å². The van der Waals surface area contributed by atoms with Crippen molar-refractivity contribution in [3.05, 3.63) is 29.8 Å². The van der Waals surface area contributed by atoms with E-state index in [-0.39, 0.29) is 17.3 Å². The number of benzene rings is 1. The van der Waals surface area contributed by atoms with Gasteiger partial charge in [0.2, 0.25) is 10.0 Å². The molecule has 0 aliphatic rings. The molecule has 0 saturated heterocycles. The molecule has 6 heteroatoms. The third-order valence-corrected chi connectivity index (χ3v) is 5.56. The summed E-state index contributed by atoms with van der Waals surface area (Å²) in [5, 5.41) is 0. The quantitative estimate of drug-likeness (QED) is 0.447. The van der Waals surface area contributed by atoms with Crippen molar-refractivity contribution in [1.29, 1.82) is 0 Å². The van der Waals surface area contributed by atoms with Crippen molar-refractivity contribution >= 4 is 16.0 Å². The van der Waals surface area contributed by atoms with Gasteiger partial charge < -0.3 is 4.74 Å². The number of hydrogen-bond acceptors (Lipinski definition) is 4. The third-order valence-electron chi connectivity index (χ3n) is 4.03. The SMILES string of the molecule is CCCCCCC[C@H](CC(=O)OCC)NS(=O)(=O)c1ccc(C)cc1. The lowest BCUT2D eigenvalue weighted by molar-refractivity contribution is -0.143. The molecular formula is C19H31NO4S. The topological polar surface area (TPSA) is 72.5 Å². The summed E-state index contributed by atoms with van der Waals surface area (Å²) in [4.78, 5) is 12.0. The Morgan fingerprint density at radius 3 is 2.32 bits per heavy atom. The Bertz CT molecular complexity index is 611. The molecule has 1 N–H and O–H groups in total. The molecule has 0 fully saturated rings. The Hall–Kier alpha value is -1.40. The molecule has 25 heavy (non-hydrogen) atoms. The molecule has 142 valence electrons. The average Bonchev–Trinajstić information content (AvgIpc) is 2.54. The second-order valence-corrected chi connectivity index (χ2v) is 8.06. The Morgan fingerprint density at radius 2 is 1.72 bits per heavy atom. The highest BCUT2D eigenvalue weighted by Crippen LogP contribution is 2.15. The molecule has 0 bridgehead atoms. The summed E-state index contributed by atoms with van der Waals surface area (Å²) in [6.45, 7) is 6.10. The van der Waals surface area contributed by atoms with Gasteiger partial charge in [-0.05, 0) is 32.4 Å². The molecular weight excluding hydrogens is 338 g/mol. The first kappa shape index (κ1) is 21.6. The van der Waals surface area contributed by atoms with Crippen LogP contribution in [0.2, 0.25) is 0 Å². The molecule has 0 aliphatic carbocycles. The summed E-state index contributed by atoms with van der Waals surface area (Å²) >= 11 is 0. The molecule has 1 atom stereocenters. The van der Waals surface area contributed by atoms with E-state index in [9.17, 15) is 13.2 Å². The summed E-state index contributed by atoms with van der Waals surface area (Å²) in [5.74, 6) is -0.368. The van der Waals surface area contributed by atoms with E-state index in [1.165, 1.54) is 6.42 Å². The predicted octanol–water partition coefficient (Wildman–Crippen LogP) is 3.96. The summed E-state index contributed by atoms with van der Waals surface area (Å²) in [6.07, 6.45) is 6.09. The van der Waals surface area contributed by atoms with E-state index in [2.05, 4.69) is 11.6 Å². The van der Waals surface area contributed by atoms with Gasteiger partial charge in [0.15, 0.2) is 0 Å². The monoisotopic (exact) mass is 369 g/mol. The summed E-state index contributed by atoms with van der Waals surface area (Å²) in [5.41, 5.74) is 0.998. The molecule has 0 unspecified atom stereocenters. The molecule has 0 spiro atoms. The first-order valence-corrected chi connectivity index (χ1v) is 10.6. The molecule has 0 heterocycles. The highest BCUT2D eigenvalue weighted by Gasteiger charge is 2.22. The maximum Gasteiger partial charge on any atom is 0.307 e. The van der Waals surface area contributed by atoms with Gasteiger partial charge in [0.25, 0.3) is 0 Å². The van der Waals surface area contributed by atoms with E-state index in [0.29, 0.717) is 13.0 Å². The van der Waals surface area contributed by atoms with Crippen molar-refractivity contribution < 1.29 is 17.9 Å². The zero-order valence-electron chi connectivity index (χ0n) is 15.6. The van der Waals surface area contributed by atoms with Crippen LogP contribution in [0, 0.1) is 6.92 Å². The molecule has 0 aromatic heterocycles. The lowest BCUT2D eigenvalue weighted by Gasteiger charge is -2.18. The standard InChI is InChI=1S/C19H31NO4S/c1-4-6-7-8-9-10-17(15-19(21)24-5-2)20-25(22,23)18-13-11-16(3)12-14-18/h11-14,17,20H,4-10,15H2,1-3H3/t17-/m1/s1. The van der Waals surface area contributed by atoms with E-state index >= 15 is 0 Å². The van der Waals surface area contributed by atoms with Crippen LogP contribution in [0.4, 0.5) is 0 Å². The van der Waals surface area contributed by atoms with Crippen molar-refractivity contribution in [3.8, 4) is 0 Å². The molecule has 0 aliphatic heterocycles. The van der Waals surface area contributed by atoms with Gasteiger partial charge in [-0.2, -0.15) is 0 Å². The second-order valence-electron chi connectivity index (χ2n) is 6.34. The largest absolute Gasteiger partial charge is 0.466 e. The number of esters is 1. The summed E-state index contributed by atoms with van der Waals surface area (Å²) < 4.78 is 32.8. The van der Waals surface area contributed by atoms with Gasteiger partial charge in [0.05, 0.1) is 17.9 Å². The number of unbranched alkanes of at least 4 members (excludes halogenated alkanes) is 4. The lowest BCUT2D eigenvalue weighted by atomic mass is 10.0. The van der Waals surface area contributed by atoms with Gasteiger partial charge in [-0.15, -0.1) is 0 Å². The highest BCUT2D eigenvalue weighted by atomic mass is 32.2. The van der Waals surface area contributed by atoms with Crippen molar-refractivity contribution in [2.24, 2.45) is 0 Å². The van der Waals surface area contributed by atoms with Crippen molar-refractivity contribution in [2.45, 2.75) is 76.7 Å². The highest BCUT2D eigenvalue weighted by molar-refractivity contribution is 7.89. The molecule has 0 saturated carbocycles. The summed E-state index contributed by atoms with van der Waals surface area (Å²) in [7, 11) is -3.64. The normalized spacial score (nSPS) is 12.8. The fraction of sp³-hybridized carbons (Fsp3) is 0.632. The van der Waals surface area contributed by atoms with E-state index in [1.807, 2.05) is 6.92 Å². The number of hydrogen-bond donors (Lipinski definition) is 1. The van der Waals surface area contributed by atoms with E-state index in [0.717, 1.165) is 31.2 Å². The van der Waals surface area contributed by atoms with Gasteiger partial charge >= 0.3 is 5.97 Å². The zero-order chi connectivity index (χ0) is 18.7. The maximum absolute atomic E-state index is 12.6. The number of carbonyl (C=O) groups is 1. The fourth-order valence-corrected chi connectivity index (χ4v) is 3.89. The number of sulfonamides is 1. The molecule has 1 rings (SSSR count). The van der Waals surface area contributed by atoms with Gasteiger partial charge in [0, 0.05) is 6.04 Å². The minimum absolute atomic E-state index is 0.0622. The van der Waals surface area contributed by atoms with Gasteiger partial charge in [-0.25, -0.2) is 13.1 Å². The van der Waals surface area contributed by atoms with E-state index in [1.54, 1.807) is 31.2 Å². The average molecular weight is 370 g/mol. The fourth-order valence-electron chi connectivity index (χ4n) is 2.62. The Labute approximate surface area is 152 Å². The van der Waals surface area contributed by atoms with Crippen LogP contribution < -0.4 is 4.72 Å². The van der Waals surface area contributed by atoms with Crippen LogP contribution in [0.5, 0.6) is 0 Å². The van der Waals surface area contributed by atoms with Crippen LogP contribution in [0.25, 0.3) is 0 Å². The van der Waals surface area contributed by atoms with Crippen molar-refractivity contribution in [2.75, 3.05) is 6.61 Å². The smallest absolute Gasteiger partial charge is 0.307 e. The number of nitrogens with one attached hydrogen (secondary N) is 1. The molecule has 0 radical (unpaired) electrons. The number of carbonyl (C=O) groups excluding carboxylic acids is 1. The van der Waals surface area contributed by atoms with Gasteiger partial charge in [0.1, 0.15) is 0 Å². The Kier molecular flexibility index (Phi) is 9.75. The van der Waals surface area contributed by atoms with Crippen LogP contribution in [-0.4, -0.2) is 27.0 Å². The third kappa shape index (κ3) is 8.50. The maximum atomic E-state index is 12.6. The minimum Gasteiger partial charge on any atom is -0.466 e. The van der Waals surface area contributed by atoms with Crippen molar-refractivity contribution in [3.63, 3.8) is 0 Å². The molecule has 5 nitrogen and oxygen atoms in total. The molecule has 1 aromatic rings. The number of rotatable bonds is 12. The van der Waals surface area contributed by atoms with E-state index in [4.69, 9.17) is 4.74 Å². The second kappa shape index (κ2) is 11.3. The van der Waals surface area contributed by atoms with Crippen molar-refractivity contribution in [1.82, 2.24) is 4.72 Å². The predicted molar refractivity (Wildman–Crippen MR) is 99.9 cm³/mol. The molecule has 1 aromatic carbocycles. The molecule has 0 amide bonds. The Balaban J connectivity index is 2.72. The first-order chi connectivity index (χ1) is 11.9. The van der Waals surface area contributed by atoms with Crippen LogP contribution >= 0.6 is 0 Å². The Morgan fingerprint density at radius 1 is 1.08 bits per heavy atom.